The molecular weight excluding hydrogens is 591 g/mol. The third-order valence-electron chi connectivity index (χ3n) is 13.3. The number of carbonyl (C=O) groups is 1. The van der Waals surface area contributed by atoms with Gasteiger partial charge >= 0.3 is 0 Å². The molecule has 0 amide bonds. The number of benzene rings is 2. The van der Waals surface area contributed by atoms with Crippen molar-refractivity contribution in [3.8, 4) is 0 Å². The number of ketones is 1. The zero-order valence-corrected chi connectivity index (χ0v) is 31.2. The minimum absolute atomic E-state index is 0.339. The smallest absolute Gasteiger partial charge is 0.146 e. The van der Waals surface area contributed by atoms with Gasteiger partial charge in [-0.05, 0) is 92.3 Å². The SMILES string of the molecule is C=C1[C@H](C)CC(=CCP(=O)(c2ccccc2)c2ccccc2)C[C@H]1C.C[C@@H](CCCC1(C)CCCC1)C1CC[C@H]2C(=O)CCC[C@]12C. The van der Waals surface area contributed by atoms with Crippen molar-refractivity contribution in [2.75, 3.05) is 6.16 Å². The molecule has 0 aliphatic heterocycles. The Morgan fingerprint density at radius 2 is 1.45 bits per heavy atom. The van der Waals surface area contributed by atoms with E-state index in [0.717, 1.165) is 48.1 Å². The van der Waals surface area contributed by atoms with Gasteiger partial charge in [-0.1, -0.05) is 145 Å². The van der Waals surface area contributed by atoms with E-state index in [1.165, 1.54) is 75.4 Å². The van der Waals surface area contributed by atoms with Gasteiger partial charge in [0.2, 0.25) is 0 Å². The number of Topliss-reactive ketones (excluding diaryl/α,β-unsaturated/α-hetero) is 1. The van der Waals surface area contributed by atoms with Crippen LogP contribution in [0.2, 0.25) is 0 Å². The molecule has 4 aliphatic carbocycles. The van der Waals surface area contributed by atoms with E-state index < -0.39 is 7.14 Å². The fraction of sp³-hybridized carbons (Fsp3) is 0.614. The van der Waals surface area contributed by atoms with Crippen LogP contribution in [0.3, 0.4) is 0 Å². The van der Waals surface area contributed by atoms with Crippen molar-refractivity contribution in [3.63, 3.8) is 0 Å². The molecule has 0 bridgehead atoms. The van der Waals surface area contributed by atoms with E-state index in [-0.39, 0.29) is 0 Å². The van der Waals surface area contributed by atoms with Gasteiger partial charge in [-0.25, -0.2) is 0 Å². The number of fused-ring (bicyclic) bond motifs is 1. The number of hydrogen-bond acceptors (Lipinski definition) is 2. The van der Waals surface area contributed by atoms with Crippen molar-refractivity contribution in [2.45, 2.75) is 125 Å². The van der Waals surface area contributed by atoms with E-state index in [1.54, 1.807) is 0 Å². The van der Waals surface area contributed by atoms with Gasteiger partial charge in [-0.15, -0.1) is 0 Å². The zero-order chi connectivity index (χ0) is 33.7. The number of allylic oxidation sites excluding steroid dienone is 3. The maximum Gasteiger partial charge on any atom is 0.146 e. The highest BCUT2D eigenvalue weighted by Crippen LogP contribution is 2.57. The average molecular weight is 655 g/mol. The van der Waals surface area contributed by atoms with Crippen LogP contribution in [0.15, 0.2) is 84.5 Å². The Labute approximate surface area is 287 Å². The molecule has 2 aromatic carbocycles. The Morgan fingerprint density at radius 3 is 2.02 bits per heavy atom. The maximum absolute atomic E-state index is 14.0. The summed E-state index contributed by atoms with van der Waals surface area (Å²) in [4.78, 5) is 12.3. The summed E-state index contributed by atoms with van der Waals surface area (Å²) in [5.41, 5.74) is 3.78. The minimum atomic E-state index is -2.64. The fourth-order valence-corrected chi connectivity index (χ4v) is 12.7. The van der Waals surface area contributed by atoms with Crippen molar-refractivity contribution in [3.05, 3.63) is 84.5 Å². The predicted octanol–water partition coefficient (Wildman–Crippen LogP) is 11.7. The Bertz CT molecular complexity index is 1360. The lowest BCUT2D eigenvalue weighted by Gasteiger charge is -2.42. The minimum Gasteiger partial charge on any atom is -0.313 e. The molecule has 0 aromatic heterocycles. The van der Waals surface area contributed by atoms with E-state index in [0.29, 0.717) is 40.5 Å². The second kappa shape index (κ2) is 15.6. The van der Waals surface area contributed by atoms with Gasteiger partial charge in [0.1, 0.15) is 12.9 Å². The molecule has 0 spiro atoms. The van der Waals surface area contributed by atoms with Crippen molar-refractivity contribution in [1.29, 1.82) is 0 Å². The summed E-state index contributed by atoms with van der Waals surface area (Å²) in [6.45, 7) is 16.2. The fourth-order valence-electron chi connectivity index (χ4n) is 10.2. The molecule has 6 rings (SSSR count). The first-order chi connectivity index (χ1) is 22.4. The summed E-state index contributed by atoms with van der Waals surface area (Å²) in [6, 6.07) is 19.9. The lowest BCUT2D eigenvalue weighted by atomic mass is 9.62. The predicted molar refractivity (Wildman–Crippen MR) is 202 cm³/mol. The molecule has 0 heterocycles. The van der Waals surface area contributed by atoms with Crippen LogP contribution in [0.1, 0.15) is 125 Å². The molecule has 2 nitrogen and oxygen atoms in total. The van der Waals surface area contributed by atoms with E-state index in [2.05, 4.69) is 47.3 Å². The van der Waals surface area contributed by atoms with Crippen LogP contribution in [0, 0.1) is 40.4 Å². The maximum atomic E-state index is 14.0. The van der Waals surface area contributed by atoms with Gasteiger partial charge in [-0.2, -0.15) is 0 Å². The van der Waals surface area contributed by atoms with Gasteiger partial charge < -0.3 is 4.57 Å². The molecule has 0 N–H and O–H groups in total. The molecule has 4 fully saturated rings. The number of hydrogen-bond donors (Lipinski definition) is 0. The Morgan fingerprint density at radius 1 is 0.872 bits per heavy atom. The van der Waals surface area contributed by atoms with Crippen LogP contribution in [0.25, 0.3) is 0 Å². The monoisotopic (exact) mass is 654 g/mol. The molecule has 256 valence electrons. The number of carbonyl (C=O) groups excluding carboxylic acids is 1. The lowest BCUT2D eigenvalue weighted by molar-refractivity contribution is -0.130. The average Bonchev–Trinajstić information content (AvgIpc) is 3.67. The van der Waals surface area contributed by atoms with Crippen molar-refractivity contribution in [1.82, 2.24) is 0 Å². The van der Waals surface area contributed by atoms with Crippen molar-refractivity contribution < 1.29 is 9.36 Å². The summed E-state index contributed by atoms with van der Waals surface area (Å²) in [5.74, 6) is 3.64. The molecule has 3 heteroatoms. The molecule has 47 heavy (non-hydrogen) atoms. The van der Waals surface area contributed by atoms with E-state index >= 15 is 0 Å². The van der Waals surface area contributed by atoms with Crippen LogP contribution in [0.4, 0.5) is 0 Å². The van der Waals surface area contributed by atoms with E-state index in [1.807, 2.05) is 60.7 Å². The first kappa shape index (κ1) is 36.1. The summed E-state index contributed by atoms with van der Waals surface area (Å²) >= 11 is 0. The highest BCUT2D eigenvalue weighted by molar-refractivity contribution is 7.78. The van der Waals surface area contributed by atoms with Crippen LogP contribution in [-0.2, 0) is 9.36 Å². The van der Waals surface area contributed by atoms with Crippen LogP contribution in [0.5, 0.6) is 0 Å². The second-order valence-electron chi connectivity index (χ2n) is 16.7. The topological polar surface area (TPSA) is 34.1 Å². The Balaban J connectivity index is 0.000000186. The molecule has 0 saturated heterocycles. The van der Waals surface area contributed by atoms with Crippen molar-refractivity contribution >= 4 is 23.5 Å². The lowest BCUT2D eigenvalue weighted by Crippen LogP contribution is -2.39. The van der Waals surface area contributed by atoms with Gasteiger partial charge in [0.05, 0.1) is 0 Å². The summed E-state index contributed by atoms with van der Waals surface area (Å²) in [5, 5.41) is 1.89. The quantitative estimate of drug-likeness (QED) is 0.199. The molecule has 6 atom stereocenters. The van der Waals surface area contributed by atoms with Crippen LogP contribution >= 0.6 is 7.14 Å². The van der Waals surface area contributed by atoms with Gasteiger partial charge in [0.25, 0.3) is 0 Å². The highest BCUT2D eigenvalue weighted by Gasteiger charge is 2.52. The molecule has 0 radical (unpaired) electrons. The third kappa shape index (κ3) is 8.35. The number of rotatable bonds is 9. The Hall–Kier alpha value is -2.18. The van der Waals surface area contributed by atoms with E-state index in [4.69, 9.17) is 0 Å². The van der Waals surface area contributed by atoms with Gasteiger partial charge in [-0.3, -0.25) is 4.79 Å². The molecule has 4 saturated carbocycles. The normalized spacial score (nSPS) is 29.5. The summed E-state index contributed by atoms with van der Waals surface area (Å²) in [6.07, 6.45) is 20.8. The van der Waals surface area contributed by atoms with Crippen molar-refractivity contribution in [2.24, 2.45) is 40.4 Å². The second-order valence-corrected chi connectivity index (χ2v) is 19.6. The summed E-state index contributed by atoms with van der Waals surface area (Å²) < 4.78 is 14.0. The largest absolute Gasteiger partial charge is 0.313 e. The highest BCUT2D eigenvalue weighted by atomic mass is 31.2. The van der Waals surface area contributed by atoms with Crippen LogP contribution < -0.4 is 10.6 Å². The van der Waals surface area contributed by atoms with Gasteiger partial charge in [0.15, 0.2) is 0 Å². The van der Waals surface area contributed by atoms with E-state index in [9.17, 15) is 9.36 Å². The van der Waals surface area contributed by atoms with Crippen LogP contribution in [-0.4, -0.2) is 11.9 Å². The first-order valence-electron chi connectivity index (χ1n) is 19.0. The molecule has 2 aromatic rings. The molecule has 1 unspecified atom stereocenters. The third-order valence-corrected chi connectivity index (χ3v) is 16.2. The summed E-state index contributed by atoms with van der Waals surface area (Å²) in [7, 11) is -2.64. The molecule has 4 aliphatic rings. The van der Waals surface area contributed by atoms with Gasteiger partial charge in [0, 0.05) is 29.1 Å². The zero-order valence-electron chi connectivity index (χ0n) is 30.3. The first-order valence-corrected chi connectivity index (χ1v) is 20.9. The standard InChI is InChI=1S/C23H27OP.C21H36O/c1-18-16-21(17-19(2)20(18)3)14-15-25(24,22-10-6-4-7-11-22)23-12-8-5-9-13-23;1-16(8-6-14-20(2)12-4-5-13-20)17-10-11-18-19(22)9-7-15-21(17,18)3/h4-14,18-19H,3,15-17H2,1-2H3;16-18H,4-15H2,1-3H3/t18-,19-;16-,17?,18-,21+/m10/s1. The molecular formula is C44H63O2P. The Kier molecular flexibility index (Phi) is 12.0.